The van der Waals surface area contributed by atoms with E-state index in [-0.39, 0.29) is 32.1 Å². The van der Waals surface area contributed by atoms with Gasteiger partial charge in [-0.1, -0.05) is 139 Å². The zero-order valence-corrected chi connectivity index (χ0v) is 50.0. The summed E-state index contributed by atoms with van der Waals surface area (Å²) < 4.78 is 52.6. The predicted octanol–water partition coefficient (Wildman–Crippen LogP) is 12.7. The van der Waals surface area contributed by atoms with Crippen LogP contribution in [0.15, 0.2) is 38.0 Å². The Bertz CT molecular complexity index is 1020. The SMILES string of the molecule is C=CCCCCCCCCC1OCCO1.C=CCCCCCCCCC1OCCO1.C=CCCCCCCCCC=O.CCOOO[SiH3].CCOO[Si](=O)CCCCCCCCCCC1OCCO1.OCCO. The first-order valence-corrected chi connectivity index (χ1v) is 31.1. The third-order valence-electron chi connectivity index (χ3n) is 11.4. The Morgan fingerprint density at radius 1 is 0.466 bits per heavy atom. The number of allylic oxidation sites excluding steroid dienone is 3. The minimum atomic E-state index is -1.96. The van der Waals surface area contributed by atoms with E-state index in [9.17, 15) is 9.26 Å². The van der Waals surface area contributed by atoms with Gasteiger partial charge in [-0.25, -0.2) is 9.78 Å². The molecule has 3 aliphatic rings. The zero-order valence-electron chi connectivity index (χ0n) is 47.0. The smallest absolute Gasteiger partial charge is 0.394 e. The number of aliphatic hydroxyl groups excluding tert-OH is 2. The molecule has 0 atom stereocenters. The first-order valence-electron chi connectivity index (χ1n) is 28.8. The van der Waals surface area contributed by atoms with Crippen LogP contribution >= 0.6 is 0 Å². The lowest BCUT2D eigenvalue weighted by molar-refractivity contribution is -0.465. The molecule has 0 aromatic rings. The van der Waals surface area contributed by atoms with Crippen molar-refractivity contribution >= 4 is 25.7 Å². The normalized spacial score (nSPS) is 14.2. The van der Waals surface area contributed by atoms with Crippen LogP contribution in [0, 0.1) is 0 Å². The fourth-order valence-corrected chi connectivity index (χ4v) is 8.43. The molecule has 2 N–H and O–H groups in total. The van der Waals surface area contributed by atoms with Crippen molar-refractivity contribution in [1.29, 1.82) is 0 Å². The summed E-state index contributed by atoms with van der Waals surface area (Å²) in [6.45, 7) is 20.2. The Kier molecular flexibility index (Phi) is 73.0. The third-order valence-corrected chi connectivity index (χ3v) is 12.6. The molecule has 3 fully saturated rings. The molecule has 0 amide bonds. The van der Waals surface area contributed by atoms with Crippen molar-refractivity contribution < 1.29 is 71.9 Å². The largest absolute Gasteiger partial charge is 0.538 e. The average molecular weight is 1080 g/mol. The molecule has 0 aromatic heterocycles. The number of hydrogen-bond acceptors (Lipinski definition) is 15. The number of rotatable bonds is 45. The van der Waals surface area contributed by atoms with Crippen LogP contribution in [0.2, 0.25) is 6.04 Å². The Balaban J connectivity index is -0.000000854. The van der Waals surface area contributed by atoms with E-state index < -0.39 is 8.93 Å². The Labute approximate surface area is 450 Å². The lowest BCUT2D eigenvalue weighted by Gasteiger charge is -2.08. The summed E-state index contributed by atoms with van der Waals surface area (Å²) in [4.78, 5) is 18.9. The summed E-state index contributed by atoms with van der Waals surface area (Å²) in [6, 6.07) is 0.645. The highest BCUT2D eigenvalue weighted by atomic mass is 28.3. The van der Waals surface area contributed by atoms with Crippen molar-refractivity contribution in [3.63, 3.8) is 0 Å². The van der Waals surface area contributed by atoms with Crippen molar-refractivity contribution in [2.45, 2.75) is 251 Å². The summed E-state index contributed by atoms with van der Waals surface area (Å²) in [7, 11) is -1.40. The standard InChI is InChI=1S/C15H30O5Si.2C13H24O2.C11H20O.C2H8O3Si.C2H6O2/c1-2-19-20-21(16)14-10-8-6-4-3-5-7-9-11-15-17-12-13-18-15;2*1-2-3-4-5-6-7-8-9-10-13-14-11-12-15-13;1-2-3-4-5-6-7-8-9-10-11-12;1-2-3-4-5-6;3-1-2-4/h15H,2-14H2,1H3;2*2,13H,1,3-12H2;2,11H,1,3-10H2;2H2,1,6H3;3-4H,1-2H2. The van der Waals surface area contributed by atoms with Gasteiger partial charge in [-0.05, 0) is 104 Å². The molecule has 73 heavy (non-hydrogen) atoms. The van der Waals surface area contributed by atoms with Crippen molar-refractivity contribution in [3.8, 4) is 0 Å². The van der Waals surface area contributed by atoms with Gasteiger partial charge in [0, 0.05) is 12.5 Å². The molecular weight excluding hydrogens is 969 g/mol. The molecular formula is C56H112O15Si2. The number of ether oxygens (including phenoxy) is 6. The number of carbonyl (C=O) groups excluding carboxylic acids is 1. The van der Waals surface area contributed by atoms with E-state index in [0.717, 1.165) is 97.3 Å². The molecule has 3 rings (SSSR count). The molecule has 0 unspecified atom stereocenters. The lowest BCUT2D eigenvalue weighted by atomic mass is 10.1. The van der Waals surface area contributed by atoms with Gasteiger partial charge in [0.25, 0.3) is 0 Å². The first-order chi connectivity index (χ1) is 35.9. The third kappa shape index (κ3) is 68.4. The monoisotopic (exact) mass is 1080 g/mol. The van der Waals surface area contributed by atoms with Crippen LogP contribution in [0.25, 0.3) is 0 Å². The maximum absolute atomic E-state index is 11.3. The number of aliphatic hydroxyl groups is 2. The Morgan fingerprint density at radius 3 is 1.01 bits per heavy atom. The van der Waals surface area contributed by atoms with Crippen molar-refractivity contribution in [1.82, 2.24) is 0 Å². The fraction of sp³-hybridized carbons (Fsp3) is 0.875. The van der Waals surface area contributed by atoms with Crippen LogP contribution in [-0.4, -0.2) is 121 Å². The van der Waals surface area contributed by atoms with Gasteiger partial charge in [0.2, 0.25) is 0 Å². The Hall–Kier alpha value is -1.56. The maximum atomic E-state index is 11.3. The van der Waals surface area contributed by atoms with E-state index in [1.165, 1.54) is 161 Å². The molecule has 0 aliphatic carbocycles. The quantitative estimate of drug-likeness (QED) is 0.0147. The molecule has 17 heteroatoms. The molecule has 0 spiro atoms. The minimum Gasteiger partial charge on any atom is -0.394 e. The maximum Gasteiger partial charge on any atom is 0.538 e. The molecule has 3 heterocycles. The number of carbonyl (C=O) groups is 1. The van der Waals surface area contributed by atoms with E-state index in [4.69, 9.17) is 43.2 Å². The summed E-state index contributed by atoms with van der Waals surface area (Å²) in [5.74, 6) is 0. The summed E-state index contributed by atoms with van der Waals surface area (Å²) in [6.07, 6.45) is 47.6. The van der Waals surface area contributed by atoms with Gasteiger partial charge >= 0.3 is 8.93 Å². The Morgan fingerprint density at radius 2 is 0.753 bits per heavy atom. The van der Waals surface area contributed by atoms with Crippen LogP contribution in [0.5, 0.6) is 0 Å². The van der Waals surface area contributed by atoms with Gasteiger partial charge in [-0.2, -0.15) is 0 Å². The molecule has 0 saturated carbocycles. The van der Waals surface area contributed by atoms with E-state index in [0.29, 0.717) is 29.7 Å². The molecule has 0 bridgehead atoms. The number of unbranched alkanes of at least 4 members (excludes halogenated alkanes) is 26. The van der Waals surface area contributed by atoms with E-state index in [2.05, 4.69) is 39.1 Å². The van der Waals surface area contributed by atoms with E-state index in [1.54, 1.807) is 0 Å². The molecule has 15 nitrogen and oxygen atoms in total. The second kappa shape index (κ2) is 70.4. The molecule has 434 valence electrons. The first kappa shape index (κ1) is 75.7. The van der Waals surface area contributed by atoms with Crippen molar-refractivity contribution in [3.05, 3.63) is 38.0 Å². The van der Waals surface area contributed by atoms with Crippen LogP contribution in [0.1, 0.15) is 226 Å². The molecule has 0 aromatic carbocycles. The predicted molar refractivity (Wildman–Crippen MR) is 298 cm³/mol. The van der Waals surface area contributed by atoms with Gasteiger partial charge in [0.05, 0.1) is 66.1 Å². The minimum absolute atomic E-state index is 0.0620. The van der Waals surface area contributed by atoms with Crippen LogP contribution in [0.3, 0.4) is 0 Å². The molecule has 3 aliphatic heterocycles. The second-order valence-electron chi connectivity index (χ2n) is 18.0. The average Bonchev–Trinajstić information content (AvgIpc) is 4.26. The lowest BCUT2D eigenvalue weighted by Crippen LogP contribution is -2.07. The number of aldehydes is 1. The highest BCUT2D eigenvalue weighted by molar-refractivity contribution is 6.34. The second-order valence-corrected chi connectivity index (χ2v) is 19.7. The van der Waals surface area contributed by atoms with Gasteiger partial charge in [-0.15, -0.1) is 19.7 Å². The highest BCUT2D eigenvalue weighted by Crippen LogP contribution is 2.17. The van der Waals surface area contributed by atoms with Gasteiger partial charge in [0.1, 0.15) is 6.29 Å². The summed E-state index contributed by atoms with van der Waals surface area (Å²) in [5.41, 5.74) is 0. The summed E-state index contributed by atoms with van der Waals surface area (Å²) in [5, 5.41) is 19.3. The van der Waals surface area contributed by atoms with Gasteiger partial charge < -0.3 is 52.5 Å². The highest BCUT2D eigenvalue weighted by Gasteiger charge is 2.16. The van der Waals surface area contributed by atoms with Crippen LogP contribution < -0.4 is 0 Å². The van der Waals surface area contributed by atoms with E-state index in [1.807, 2.05) is 32.1 Å². The number of hydrogen-bond donors (Lipinski definition) is 2. The van der Waals surface area contributed by atoms with Crippen molar-refractivity contribution in [2.75, 3.05) is 66.1 Å². The van der Waals surface area contributed by atoms with Crippen LogP contribution in [0.4, 0.5) is 0 Å². The van der Waals surface area contributed by atoms with E-state index >= 15 is 0 Å². The fourth-order valence-electron chi connectivity index (χ4n) is 7.46. The topological polar surface area (TPSA) is 176 Å². The van der Waals surface area contributed by atoms with Crippen LogP contribution in [-0.2, 0) is 61.6 Å². The van der Waals surface area contributed by atoms with Crippen molar-refractivity contribution in [2.24, 2.45) is 0 Å². The molecule has 3 saturated heterocycles. The summed E-state index contributed by atoms with van der Waals surface area (Å²) >= 11 is 0. The zero-order chi connectivity index (χ0) is 54.0. The van der Waals surface area contributed by atoms with Gasteiger partial charge in [-0.3, -0.25) is 4.58 Å². The molecule has 0 radical (unpaired) electrons. The van der Waals surface area contributed by atoms with Gasteiger partial charge in [0.15, 0.2) is 29.4 Å².